The van der Waals surface area contributed by atoms with Gasteiger partial charge in [-0.1, -0.05) is 0 Å². The van der Waals surface area contributed by atoms with Gasteiger partial charge >= 0.3 is 6.18 Å². The largest absolute Gasteiger partial charge is 0.417 e. The van der Waals surface area contributed by atoms with E-state index in [1.54, 1.807) is 32.0 Å². The second kappa shape index (κ2) is 9.28. The molecule has 10 heteroatoms. The Bertz CT molecular complexity index is 1370. The number of nitrogens with two attached hydrogens (primary N) is 1. The van der Waals surface area contributed by atoms with Gasteiger partial charge < -0.3 is 10.6 Å². The summed E-state index contributed by atoms with van der Waals surface area (Å²) in [6.07, 6.45) is -2.75. The fraction of sp³-hybridized carbons (Fsp3) is 0.200. The van der Waals surface area contributed by atoms with Gasteiger partial charge in [-0.2, -0.15) is 13.2 Å². The van der Waals surface area contributed by atoms with Crippen molar-refractivity contribution in [2.45, 2.75) is 32.6 Å². The van der Waals surface area contributed by atoms with Crippen molar-refractivity contribution in [2.75, 3.05) is 5.73 Å². The van der Waals surface area contributed by atoms with Gasteiger partial charge in [0.25, 0.3) is 5.91 Å². The summed E-state index contributed by atoms with van der Waals surface area (Å²) >= 11 is 0. The molecule has 1 amide bonds. The van der Waals surface area contributed by atoms with Crippen LogP contribution in [0, 0.1) is 12.7 Å². The predicted molar refractivity (Wildman–Crippen MR) is 123 cm³/mol. The van der Waals surface area contributed by atoms with Crippen LogP contribution in [0.1, 0.15) is 45.8 Å². The standard InChI is InChI=1S/C25H21F4N5O/c1-14-9-17-10-16(3-7-22(17)33-23(14)30)24(35)34(15(2)21-8-5-19(26)12-32-21)13-20-6-4-18(11-31-20)25(27,28)29/h3-12,15H,13H2,1-2H3,(H2,30,33). The lowest BCUT2D eigenvalue weighted by atomic mass is 10.1. The Labute approximate surface area is 198 Å². The second-order valence-corrected chi connectivity index (χ2v) is 8.14. The zero-order valence-electron chi connectivity index (χ0n) is 18.8. The molecule has 4 rings (SSSR count). The minimum absolute atomic E-state index is 0.0890. The molecule has 0 radical (unpaired) electrons. The Morgan fingerprint density at radius 1 is 1.06 bits per heavy atom. The maximum absolute atomic E-state index is 13.6. The number of hydrogen-bond acceptors (Lipinski definition) is 5. The summed E-state index contributed by atoms with van der Waals surface area (Å²) in [6, 6.07) is 11.0. The van der Waals surface area contributed by atoms with Crippen LogP contribution in [0.15, 0.2) is 60.9 Å². The molecule has 180 valence electrons. The summed E-state index contributed by atoms with van der Waals surface area (Å²) in [7, 11) is 0. The number of nitrogen functional groups attached to an aromatic ring is 1. The van der Waals surface area contributed by atoms with E-state index in [4.69, 9.17) is 5.73 Å². The van der Waals surface area contributed by atoms with E-state index in [-0.39, 0.29) is 12.2 Å². The highest BCUT2D eigenvalue weighted by atomic mass is 19.4. The summed E-state index contributed by atoms with van der Waals surface area (Å²) in [6.45, 7) is 3.42. The third-order valence-electron chi connectivity index (χ3n) is 5.68. The minimum atomic E-state index is -4.52. The van der Waals surface area contributed by atoms with E-state index in [1.807, 2.05) is 6.07 Å². The molecule has 35 heavy (non-hydrogen) atoms. The van der Waals surface area contributed by atoms with Crippen molar-refractivity contribution < 1.29 is 22.4 Å². The number of pyridine rings is 3. The fourth-order valence-electron chi connectivity index (χ4n) is 3.63. The number of nitrogens with zero attached hydrogens (tertiary/aromatic N) is 4. The van der Waals surface area contributed by atoms with Crippen LogP contribution in [0.4, 0.5) is 23.4 Å². The fourth-order valence-corrected chi connectivity index (χ4v) is 3.63. The molecule has 1 aromatic carbocycles. The van der Waals surface area contributed by atoms with Gasteiger partial charge in [0.05, 0.1) is 41.3 Å². The normalized spacial score (nSPS) is 12.5. The number of amides is 1. The van der Waals surface area contributed by atoms with Gasteiger partial charge in [-0.15, -0.1) is 0 Å². The summed E-state index contributed by atoms with van der Waals surface area (Å²) in [5, 5.41) is 0.711. The molecular weight excluding hydrogens is 462 g/mol. The number of aryl methyl sites for hydroxylation is 1. The van der Waals surface area contributed by atoms with Crippen molar-refractivity contribution >= 4 is 22.6 Å². The van der Waals surface area contributed by atoms with Crippen LogP contribution in [0.5, 0.6) is 0 Å². The quantitative estimate of drug-likeness (QED) is 0.380. The number of anilines is 1. The number of benzene rings is 1. The van der Waals surface area contributed by atoms with Gasteiger partial charge in [0.15, 0.2) is 0 Å². The Balaban J connectivity index is 1.71. The van der Waals surface area contributed by atoms with Crippen LogP contribution in [0.25, 0.3) is 10.9 Å². The van der Waals surface area contributed by atoms with Crippen LogP contribution >= 0.6 is 0 Å². The minimum Gasteiger partial charge on any atom is -0.383 e. The predicted octanol–water partition coefficient (Wildman–Crippen LogP) is 5.48. The van der Waals surface area contributed by atoms with Crippen molar-refractivity contribution in [3.05, 3.63) is 94.8 Å². The molecule has 1 unspecified atom stereocenters. The van der Waals surface area contributed by atoms with Crippen molar-refractivity contribution in [2.24, 2.45) is 0 Å². The Kier molecular flexibility index (Phi) is 6.38. The van der Waals surface area contributed by atoms with Gasteiger partial charge in [0, 0.05) is 17.1 Å². The first kappa shape index (κ1) is 24.1. The van der Waals surface area contributed by atoms with E-state index < -0.39 is 29.5 Å². The zero-order valence-corrected chi connectivity index (χ0v) is 18.8. The van der Waals surface area contributed by atoms with Crippen LogP contribution < -0.4 is 5.73 Å². The van der Waals surface area contributed by atoms with Crippen molar-refractivity contribution in [3.63, 3.8) is 0 Å². The van der Waals surface area contributed by atoms with E-state index in [2.05, 4.69) is 15.0 Å². The highest BCUT2D eigenvalue weighted by molar-refractivity contribution is 5.98. The van der Waals surface area contributed by atoms with Crippen molar-refractivity contribution in [1.29, 1.82) is 0 Å². The molecule has 3 heterocycles. The Morgan fingerprint density at radius 3 is 2.46 bits per heavy atom. The van der Waals surface area contributed by atoms with E-state index in [1.165, 1.54) is 23.1 Å². The van der Waals surface area contributed by atoms with E-state index in [0.717, 1.165) is 24.0 Å². The molecule has 6 nitrogen and oxygen atoms in total. The van der Waals surface area contributed by atoms with Crippen LogP contribution in [-0.4, -0.2) is 25.8 Å². The monoisotopic (exact) mass is 483 g/mol. The van der Waals surface area contributed by atoms with Gasteiger partial charge in [-0.3, -0.25) is 14.8 Å². The third kappa shape index (κ3) is 5.21. The van der Waals surface area contributed by atoms with E-state index >= 15 is 0 Å². The van der Waals surface area contributed by atoms with E-state index in [0.29, 0.717) is 28.0 Å². The average molecular weight is 483 g/mol. The number of fused-ring (bicyclic) bond motifs is 1. The highest BCUT2D eigenvalue weighted by Crippen LogP contribution is 2.29. The molecule has 0 saturated carbocycles. The lowest BCUT2D eigenvalue weighted by Gasteiger charge is -2.29. The van der Waals surface area contributed by atoms with Crippen LogP contribution in [0.2, 0.25) is 0 Å². The van der Waals surface area contributed by atoms with Crippen LogP contribution in [-0.2, 0) is 12.7 Å². The molecule has 0 bridgehead atoms. The number of carbonyl (C=O) groups excluding carboxylic acids is 1. The molecule has 0 fully saturated rings. The van der Waals surface area contributed by atoms with Gasteiger partial charge in [0.1, 0.15) is 11.6 Å². The highest BCUT2D eigenvalue weighted by Gasteiger charge is 2.31. The Morgan fingerprint density at radius 2 is 1.83 bits per heavy atom. The third-order valence-corrected chi connectivity index (χ3v) is 5.68. The molecule has 3 aromatic heterocycles. The molecule has 0 spiro atoms. The first-order valence-electron chi connectivity index (χ1n) is 10.6. The average Bonchev–Trinajstić information content (AvgIpc) is 2.82. The SMILES string of the molecule is Cc1cc2cc(C(=O)N(Cc3ccc(C(F)(F)F)cn3)C(C)c3ccc(F)cn3)ccc2nc1N. The van der Waals surface area contributed by atoms with E-state index in [9.17, 15) is 22.4 Å². The number of aromatic nitrogens is 3. The lowest BCUT2D eigenvalue weighted by molar-refractivity contribution is -0.137. The lowest BCUT2D eigenvalue weighted by Crippen LogP contribution is -2.34. The van der Waals surface area contributed by atoms with Gasteiger partial charge in [-0.05, 0) is 67.9 Å². The van der Waals surface area contributed by atoms with Crippen molar-refractivity contribution in [3.8, 4) is 0 Å². The molecule has 0 aliphatic carbocycles. The Hall–Kier alpha value is -4.08. The topological polar surface area (TPSA) is 85.0 Å². The zero-order chi connectivity index (χ0) is 25.3. The van der Waals surface area contributed by atoms with Gasteiger partial charge in [0.2, 0.25) is 0 Å². The summed E-state index contributed by atoms with van der Waals surface area (Å²) in [4.78, 5) is 27.3. The number of hydrogen-bond donors (Lipinski definition) is 1. The molecule has 2 N–H and O–H groups in total. The number of rotatable bonds is 5. The molecule has 0 aliphatic heterocycles. The molecule has 0 aliphatic rings. The second-order valence-electron chi connectivity index (χ2n) is 8.14. The van der Waals surface area contributed by atoms with Gasteiger partial charge in [-0.25, -0.2) is 9.37 Å². The molecule has 1 atom stereocenters. The molecule has 0 saturated heterocycles. The first-order valence-corrected chi connectivity index (χ1v) is 10.6. The smallest absolute Gasteiger partial charge is 0.383 e. The number of alkyl halides is 3. The summed E-state index contributed by atoms with van der Waals surface area (Å²) in [5.74, 6) is -0.538. The maximum atomic E-state index is 13.6. The van der Waals surface area contributed by atoms with Crippen LogP contribution in [0.3, 0.4) is 0 Å². The molecular formula is C25H21F4N5O. The van der Waals surface area contributed by atoms with Crippen molar-refractivity contribution in [1.82, 2.24) is 19.9 Å². The summed E-state index contributed by atoms with van der Waals surface area (Å²) < 4.78 is 52.2. The number of carbonyl (C=O) groups is 1. The summed E-state index contributed by atoms with van der Waals surface area (Å²) in [5.41, 5.74) is 7.38. The first-order chi connectivity index (χ1) is 16.5. The number of halogens is 4. The molecule has 4 aromatic rings. The maximum Gasteiger partial charge on any atom is 0.417 e.